The predicted octanol–water partition coefficient (Wildman–Crippen LogP) is -0.166. The summed E-state index contributed by atoms with van der Waals surface area (Å²) in [4.78, 5) is 40.4. The third-order valence-corrected chi connectivity index (χ3v) is 5.26. The molecule has 2 fully saturated rings. The molecule has 9 nitrogen and oxygen atoms in total. The first-order valence-electron chi connectivity index (χ1n) is 10.3. The van der Waals surface area contributed by atoms with Crippen LogP contribution in [0, 0.1) is 0 Å². The average molecular weight is 399 g/mol. The van der Waals surface area contributed by atoms with E-state index in [-0.39, 0.29) is 24.8 Å². The van der Waals surface area contributed by atoms with Gasteiger partial charge < -0.3 is 25.4 Å². The van der Waals surface area contributed by atoms with Gasteiger partial charge in [-0.2, -0.15) is 0 Å². The van der Waals surface area contributed by atoms with Crippen LogP contribution in [0.15, 0.2) is 0 Å². The maximum Gasteiger partial charge on any atom is 0.236 e. The fourth-order valence-corrected chi connectivity index (χ4v) is 3.71. The van der Waals surface area contributed by atoms with Crippen molar-refractivity contribution < 1.29 is 23.9 Å². The summed E-state index contributed by atoms with van der Waals surface area (Å²) in [6, 6.07) is -0.793. The Hall–Kier alpha value is -1.71. The van der Waals surface area contributed by atoms with Gasteiger partial charge in [0.25, 0.3) is 0 Å². The van der Waals surface area contributed by atoms with Crippen LogP contribution in [0.2, 0.25) is 0 Å². The minimum Gasteiger partial charge on any atom is -0.368 e. The molecule has 0 radical (unpaired) electrons. The van der Waals surface area contributed by atoms with Crippen LogP contribution in [0.5, 0.6) is 0 Å². The Bertz CT molecular complexity index is 540. The molecule has 3 amide bonds. The third-order valence-electron chi connectivity index (χ3n) is 5.26. The molecule has 9 heteroatoms. The first-order valence-corrected chi connectivity index (χ1v) is 10.3. The highest BCUT2D eigenvalue weighted by molar-refractivity contribution is 5.88. The van der Waals surface area contributed by atoms with Gasteiger partial charge in [-0.25, -0.2) is 0 Å². The smallest absolute Gasteiger partial charge is 0.236 e. The lowest BCUT2D eigenvalue weighted by Crippen LogP contribution is -2.54. The van der Waals surface area contributed by atoms with Crippen LogP contribution in [0.25, 0.3) is 0 Å². The first kappa shape index (κ1) is 22.6. The Balaban J connectivity index is 1.94. The van der Waals surface area contributed by atoms with Crippen LogP contribution < -0.4 is 11.1 Å². The van der Waals surface area contributed by atoms with Crippen molar-refractivity contribution in [2.24, 2.45) is 5.73 Å². The largest absolute Gasteiger partial charge is 0.368 e. The van der Waals surface area contributed by atoms with Gasteiger partial charge in [0.05, 0.1) is 32.2 Å². The van der Waals surface area contributed by atoms with Crippen molar-refractivity contribution >= 4 is 17.7 Å². The van der Waals surface area contributed by atoms with Crippen molar-refractivity contribution in [3.05, 3.63) is 0 Å². The normalized spacial score (nSPS) is 19.8. The number of nitrogens with zero attached hydrogens (tertiary/aromatic N) is 2. The van der Waals surface area contributed by atoms with E-state index in [1.165, 1.54) is 0 Å². The summed E-state index contributed by atoms with van der Waals surface area (Å²) in [5.74, 6) is -1.41. The number of ether oxygens (including phenoxy) is 2. The van der Waals surface area contributed by atoms with Gasteiger partial charge in [0.15, 0.2) is 5.79 Å². The molecular weight excluding hydrogens is 364 g/mol. The van der Waals surface area contributed by atoms with Crippen LogP contribution in [-0.4, -0.2) is 85.3 Å². The summed E-state index contributed by atoms with van der Waals surface area (Å²) in [6.07, 6.45) is 2.82. The number of piperidine rings is 1. The number of rotatable bonds is 10. The second-order valence-electron chi connectivity index (χ2n) is 7.43. The summed E-state index contributed by atoms with van der Waals surface area (Å²) in [5, 5.41) is 2.76. The number of carbonyl (C=O) groups excluding carboxylic acids is 3. The Morgan fingerprint density at radius 2 is 1.79 bits per heavy atom. The Kier molecular flexibility index (Phi) is 8.65. The molecular formula is C19H34N4O5. The predicted molar refractivity (Wildman–Crippen MR) is 103 cm³/mol. The molecule has 0 bridgehead atoms. The highest BCUT2D eigenvalue weighted by Gasteiger charge is 2.41. The third kappa shape index (κ3) is 6.15. The van der Waals surface area contributed by atoms with Crippen molar-refractivity contribution in [3.8, 4) is 0 Å². The van der Waals surface area contributed by atoms with E-state index in [1.54, 1.807) is 9.80 Å². The van der Waals surface area contributed by atoms with E-state index < -0.39 is 17.7 Å². The van der Waals surface area contributed by atoms with E-state index >= 15 is 0 Å². The fourth-order valence-electron chi connectivity index (χ4n) is 3.71. The Morgan fingerprint density at radius 3 is 2.32 bits per heavy atom. The van der Waals surface area contributed by atoms with Crippen LogP contribution in [0.1, 0.15) is 46.0 Å². The zero-order valence-electron chi connectivity index (χ0n) is 17.1. The number of hydrogen-bond acceptors (Lipinski definition) is 6. The number of nitrogens with one attached hydrogen (secondary N) is 1. The summed E-state index contributed by atoms with van der Waals surface area (Å²) in [5.41, 5.74) is 5.56. The minimum atomic E-state index is -0.793. The topological polar surface area (TPSA) is 114 Å². The molecule has 2 heterocycles. The van der Waals surface area contributed by atoms with Gasteiger partial charge in [-0.1, -0.05) is 13.8 Å². The molecule has 0 aromatic heterocycles. The van der Waals surface area contributed by atoms with Gasteiger partial charge in [-0.15, -0.1) is 0 Å². The maximum atomic E-state index is 12.8. The van der Waals surface area contributed by atoms with Crippen LogP contribution >= 0.6 is 0 Å². The molecule has 1 spiro atoms. The Morgan fingerprint density at radius 1 is 1.14 bits per heavy atom. The Labute approximate surface area is 166 Å². The molecule has 2 rings (SSSR count). The number of carbonyl (C=O) groups is 3. The van der Waals surface area contributed by atoms with Crippen molar-refractivity contribution in [2.75, 3.05) is 45.9 Å². The van der Waals surface area contributed by atoms with Gasteiger partial charge in [0.2, 0.25) is 17.7 Å². The van der Waals surface area contributed by atoms with E-state index in [9.17, 15) is 14.4 Å². The number of likely N-dealkylation sites (tertiary alicyclic amines) is 1. The molecule has 1 unspecified atom stereocenters. The van der Waals surface area contributed by atoms with Crippen molar-refractivity contribution in [1.29, 1.82) is 0 Å². The highest BCUT2D eigenvalue weighted by Crippen LogP contribution is 2.31. The van der Waals surface area contributed by atoms with E-state index in [2.05, 4.69) is 5.32 Å². The van der Waals surface area contributed by atoms with Gasteiger partial charge in [-0.05, 0) is 19.4 Å². The summed E-state index contributed by atoms with van der Waals surface area (Å²) < 4.78 is 11.4. The lowest BCUT2D eigenvalue weighted by atomic mass is 10.0. The molecule has 2 aliphatic rings. The summed E-state index contributed by atoms with van der Waals surface area (Å²) in [7, 11) is 0. The van der Waals surface area contributed by atoms with Gasteiger partial charge >= 0.3 is 0 Å². The molecule has 3 N–H and O–H groups in total. The second kappa shape index (κ2) is 10.7. The molecule has 2 saturated heterocycles. The zero-order chi connectivity index (χ0) is 20.6. The fraction of sp³-hybridized carbons (Fsp3) is 0.842. The van der Waals surface area contributed by atoms with E-state index in [0.717, 1.165) is 12.8 Å². The molecule has 1 atom stereocenters. The summed E-state index contributed by atoms with van der Waals surface area (Å²) in [6.45, 7) is 7.36. The van der Waals surface area contributed by atoms with E-state index in [4.69, 9.17) is 15.2 Å². The quantitative estimate of drug-likeness (QED) is 0.528. The molecule has 2 aliphatic heterocycles. The van der Waals surface area contributed by atoms with Crippen LogP contribution in [-0.2, 0) is 23.9 Å². The van der Waals surface area contributed by atoms with E-state index in [1.807, 2.05) is 13.8 Å². The van der Waals surface area contributed by atoms with Crippen molar-refractivity contribution in [3.63, 3.8) is 0 Å². The zero-order valence-corrected chi connectivity index (χ0v) is 17.1. The SMILES string of the molecule is CCCNC(=O)CC(C(N)=O)N(CCC)CC(=O)N1CCC2(CC1)OCCO2. The molecule has 28 heavy (non-hydrogen) atoms. The maximum absolute atomic E-state index is 12.8. The average Bonchev–Trinajstić information content (AvgIpc) is 3.12. The van der Waals surface area contributed by atoms with Crippen molar-refractivity contribution in [2.45, 2.75) is 57.8 Å². The second-order valence-corrected chi connectivity index (χ2v) is 7.43. The molecule has 0 aromatic carbocycles. The van der Waals surface area contributed by atoms with Crippen LogP contribution in [0.4, 0.5) is 0 Å². The lowest BCUT2D eigenvalue weighted by molar-refractivity contribution is -0.187. The lowest BCUT2D eigenvalue weighted by Gasteiger charge is -2.38. The monoisotopic (exact) mass is 398 g/mol. The number of primary amides is 1. The number of amides is 3. The summed E-state index contributed by atoms with van der Waals surface area (Å²) >= 11 is 0. The van der Waals surface area contributed by atoms with Gasteiger partial charge in [-0.3, -0.25) is 19.3 Å². The van der Waals surface area contributed by atoms with Crippen molar-refractivity contribution in [1.82, 2.24) is 15.1 Å². The molecule has 0 saturated carbocycles. The number of hydrogen-bond donors (Lipinski definition) is 2. The van der Waals surface area contributed by atoms with E-state index in [0.29, 0.717) is 52.2 Å². The number of nitrogens with two attached hydrogens (primary N) is 1. The van der Waals surface area contributed by atoms with Gasteiger partial charge in [0, 0.05) is 32.5 Å². The minimum absolute atomic E-state index is 0.0343. The highest BCUT2D eigenvalue weighted by atomic mass is 16.7. The standard InChI is InChI=1S/C19H34N4O5/c1-3-7-21-16(24)13-15(18(20)26)23(8-4-2)14-17(25)22-9-5-19(6-10-22)27-11-12-28-19/h15H,3-14H2,1-2H3,(H2,20,26)(H,21,24). The first-order chi connectivity index (χ1) is 13.4. The van der Waals surface area contributed by atoms with Gasteiger partial charge in [0.1, 0.15) is 0 Å². The molecule has 0 aromatic rings. The van der Waals surface area contributed by atoms with Crippen LogP contribution in [0.3, 0.4) is 0 Å². The molecule has 0 aliphatic carbocycles. The molecule has 160 valence electrons.